The Bertz CT molecular complexity index is 823. The molecule has 4 rings (SSSR count). The van der Waals surface area contributed by atoms with E-state index in [4.69, 9.17) is 4.74 Å². The van der Waals surface area contributed by atoms with Gasteiger partial charge >= 0.3 is 6.09 Å². The quantitative estimate of drug-likeness (QED) is 0.765. The molecule has 0 radical (unpaired) electrons. The monoisotopic (exact) mass is 381 g/mol. The van der Waals surface area contributed by atoms with Crippen LogP contribution in [0, 0.1) is 12.8 Å². The number of carbonyl (C=O) groups excluding carboxylic acids is 1. The first-order valence-electron chi connectivity index (χ1n) is 10.6. The number of fused-ring (bicyclic) bond motifs is 1. The van der Waals surface area contributed by atoms with Crippen molar-refractivity contribution < 1.29 is 9.53 Å². The van der Waals surface area contributed by atoms with Gasteiger partial charge in [0.15, 0.2) is 0 Å². The minimum absolute atomic E-state index is 0.143. The van der Waals surface area contributed by atoms with Crippen LogP contribution in [-0.2, 0) is 18.3 Å². The number of nitrogens with zero attached hydrogens (tertiary/aromatic N) is 3. The summed E-state index contributed by atoms with van der Waals surface area (Å²) in [5.41, 5.74) is 4.83. The van der Waals surface area contributed by atoms with Crippen molar-refractivity contribution >= 4 is 6.09 Å². The molecule has 1 aromatic heterocycles. The highest BCUT2D eigenvalue weighted by Gasteiger charge is 2.31. The average Bonchev–Trinajstić information content (AvgIpc) is 3.06. The SMILES string of the molecule is Cc1c(C2CN(C(=O)OCCC3CCCCC3)Cc3ccccc32)cnn1C. The van der Waals surface area contributed by atoms with Crippen LogP contribution in [0.25, 0.3) is 0 Å². The molecule has 0 spiro atoms. The van der Waals surface area contributed by atoms with Crippen LogP contribution in [0.3, 0.4) is 0 Å². The van der Waals surface area contributed by atoms with Crippen molar-refractivity contribution in [3.63, 3.8) is 0 Å². The second-order valence-electron chi connectivity index (χ2n) is 8.35. The van der Waals surface area contributed by atoms with Gasteiger partial charge in [-0.1, -0.05) is 56.4 Å². The van der Waals surface area contributed by atoms with Gasteiger partial charge in [0.2, 0.25) is 0 Å². The first kappa shape index (κ1) is 19.0. The molecule has 1 aromatic carbocycles. The van der Waals surface area contributed by atoms with Crippen molar-refractivity contribution in [3.8, 4) is 0 Å². The lowest BCUT2D eigenvalue weighted by Gasteiger charge is -2.34. The molecule has 2 aromatic rings. The Morgan fingerprint density at radius 1 is 1.18 bits per heavy atom. The van der Waals surface area contributed by atoms with Crippen LogP contribution in [0.4, 0.5) is 4.79 Å². The van der Waals surface area contributed by atoms with Gasteiger partial charge < -0.3 is 9.64 Å². The van der Waals surface area contributed by atoms with Gasteiger partial charge in [0, 0.05) is 37.3 Å². The van der Waals surface area contributed by atoms with Crippen LogP contribution in [0.15, 0.2) is 30.5 Å². The van der Waals surface area contributed by atoms with Gasteiger partial charge in [-0.3, -0.25) is 4.68 Å². The summed E-state index contributed by atoms with van der Waals surface area (Å²) in [7, 11) is 1.96. The third-order valence-corrected chi connectivity index (χ3v) is 6.58. The maximum Gasteiger partial charge on any atom is 0.410 e. The zero-order valence-corrected chi connectivity index (χ0v) is 17.1. The molecule has 150 valence electrons. The lowest BCUT2D eigenvalue weighted by atomic mass is 9.85. The predicted octanol–water partition coefficient (Wildman–Crippen LogP) is 4.78. The Balaban J connectivity index is 1.45. The summed E-state index contributed by atoms with van der Waals surface area (Å²) in [4.78, 5) is 14.7. The van der Waals surface area contributed by atoms with Gasteiger partial charge in [-0.25, -0.2) is 4.79 Å². The van der Waals surface area contributed by atoms with E-state index in [2.05, 4.69) is 30.2 Å². The van der Waals surface area contributed by atoms with Gasteiger partial charge in [0.1, 0.15) is 0 Å². The first-order valence-corrected chi connectivity index (χ1v) is 10.6. The summed E-state index contributed by atoms with van der Waals surface area (Å²) < 4.78 is 7.59. The van der Waals surface area contributed by atoms with Gasteiger partial charge in [-0.2, -0.15) is 5.10 Å². The van der Waals surface area contributed by atoms with Crippen molar-refractivity contribution in [3.05, 3.63) is 52.8 Å². The fourth-order valence-electron chi connectivity index (χ4n) is 4.75. The number of benzene rings is 1. The van der Waals surface area contributed by atoms with Crippen molar-refractivity contribution in [2.45, 2.75) is 57.9 Å². The molecule has 2 heterocycles. The Kier molecular flexibility index (Phi) is 5.69. The average molecular weight is 382 g/mol. The molecule has 0 saturated heterocycles. The van der Waals surface area contributed by atoms with Crippen molar-refractivity contribution in [2.24, 2.45) is 13.0 Å². The molecule has 0 bridgehead atoms. The lowest BCUT2D eigenvalue weighted by Crippen LogP contribution is -2.39. The number of hydrogen-bond acceptors (Lipinski definition) is 3. The smallest absolute Gasteiger partial charge is 0.410 e. The summed E-state index contributed by atoms with van der Waals surface area (Å²) in [5.74, 6) is 0.874. The largest absolute Gasteiger partial charge is 0.449 e. The van der Waals surface area contributed by atoms with E-state index in [1.165, 1.54) is 48.8 Å². The fourth-order valence-corrected chi connectivity index (χ4v) is 4.75. The molecular formula is C23H31N3O2. The Labute approximate surface area is 167 Å². The zero-order chi connectivity index (χ0) is 19.5. The fraction of sp³-hybridized carbons (Fsp3) is 0.565. The van der Waals surface area contributed by atoms with Crippen molar-refractivity contribution in [1.82, 2.24) is 14.7 Å². The Morgan fingerprint density at radius 3 is 2.71 bits per heavy atom. The Hall–Kier alpha value is -2.30. The highest BCUT2D eigenvalue weighted by Crippen LogP contribution is 2.35. The first-order chi connectivity index (χ1) is 13.6. The number of amides is 1. The molecule has 28 heavy (non-hydrogen) atoms. The number of carbonyl (C=O) groups is 1. The molecule has 1 aliphatic carbocycles. The molecule has 1 amide bonds. The second kappa shape index (κ2) is 8.38. The summed E-state index contributed by atoms with van der Waals surface area (Å²) in [5, 5.41) is 4.42. The highest BCUT2D eigenvalue weighted by atomic mass is 16.6. The summed E-state index contributed by atoms with van der Waals surface area (Å²) in [6, 6.07) is 8.42. The van der Waals surface area contributed by atoms with Gasteiger partial charge in [-0.05, 0) is 30.4 Å². The van der Waals surface area contributed by atoms with Gasteiger partial charge in [-0.15, -0.1) is 0 Å². The molecule has 5 heteroatoms. The summed E-state index contributed by atoms with van der Waals surface area (Å²) >= 11 is 0. The van der Waals surface area contributed by atoms with E-state index in [0.717, 1.165) is 18.0 Å². The van der Waals surface area contributed by atoms with E-state index in [-0.39, 0.29) is 12.0 Å². The van der Waals surface area contributed by atoms with Crippen LogP contribution < -0.4 is 0 Å². The minimum Gasteiger partial charge on any atom is -0.449 e. The van der Waals surface area contributed by atoms with Crippen LogP contribution in [-0.4, -0.2) is 33.9 Å². The second-order valence-corrected chi connectivity index (χ2v) is 8.35. The molecule has 1 atom stereocenters. The molecule has 1 aliphatic heterocycles. The lowest BCUT2D eigenvalue weighted by molar-refractivity contribution is 0.0883. The van der Waals surface area contributed by atoms with E-state index in [1.54, 1.807) is 0 Å². The minimum atomic E-state index is -0.183. The number of aromatic nitrogens is 2. The van der Waals surface area contributed by atoms with Crippen LogP contribution >= 0.6 is 0 Å². The normalized spacial score (nSPS) is 20.1. The van der Waals surface area contributed by atoms with E-state index >= 15 is 0 Å². The van der Waals surface area contributed by atoms with Crippen LogP contribution in [0.1, 0.15) is 66.8 Å². The molecule has 1 unspecified atom stereocenters. The summed E-state index contributed by atoms with van der Waals surface area (Å²) in [6.07, 6.45) is 9.35. The number of hydrogen-bond donors (Lipinski definition) is 0. The van der Waals surface area contributed by atoms with Gasteiger partial charge in [0.25, 0.3) is 0 Å². The maximum atomic E-state index is 12.8. The van der Waals surface area contributed by atoms with Crippen molar-refractivity contribution in [1.29, 1.82) is 0 Å². The van der Waals surface area contributed by atoms with E-state index in [0.29, 0.717) is 19.7 Å². The van der Waals surface area contributed by atoms with Crippen LogP contribution in [0.2, 0.25) is 0 Å². The van der Waals surface area contributed by atoms with Crippen molar-refractivity contribution in [2.75, 3.05) is 13.2 Å². The predicted molar refractivity (Wildman–Crippen MR) is 109 cm³/mol. The maximum absolute atomic E-state index is 12.8. The van der Waals surface area contributed by atoms with E-state index in [1.807, 2.05) is 28.9 Å². The third-order valence-electron chi connectivity index (χ3n) is 6.58. The standard InChI is InChI=1S/C23H31N3O2/c1-17-21(14-24-25(17)2)22-16-26(15-19-10-6-7-11-20(19)22)23(27)28-13-12-18-8-4-3-5-9-18/h6-7,10-11,14,18,22H,3-5,8-9,12-13,15-16H2,1-2H3. The molecular weight excluding hydrogens is 350 g/mol. The number of ether oxygens (including phenoxy) is 1. The zero-order valence-electron chi connectivity index (χ0n) is 17.1. The molecule has 1 saturated carbocycles. The molecule has 5 nitrogen and oxygen atoms in total. The van der Waals surface area contributed by atoms with E-state index < -0.39 is 0 Å². The highest BCUT2D eigenvalue weighted by molar-refractivity contribution is 5.68. The van der Waals surface area contributed by atoms with Crippen LogP contribution in [0.5, 0.6) is 0 Å². The van der Waals surface area contributed by atoms with E-state index in [9.17, 15) is 4.79 Å². The molecule has 0 N–H and O–H groups in total. The number of aryl methyl sites for hydroxylation is 1. The molecule has 1 fully saturated rings. The number of rotatable bonds is 4. The topological polar surface area (TPSA) is 47.4 Å². The molecule has 2 aliphatic rings. The third kappa shape index (κ3) is 3.94. The Morgan fingerprint density at radius 2 is 1.96 bits per heavy atom. The van der Waals surface area contributed by atoms with Gasteiger partial charge in [0.05, 0.1) is 12.8 Å². The summed E-state index contributed by atoms with van der Waals surface area (Å²) in [6.45, 7) is 3.89.